The summed E-state index contributed by atoms with van der Waals surface area (Å²) in [4.78, 5) is 12.3. The predicted molar refractivity (Wildman–Crippen MR) is 69.7 cm³/mol. The summed E-state index contributed by atoms with van der Waals surface area (Å²) in [5, 5.41) is 2.64. The maximum Gasteiger partial charge on any atom is 0.219 e. The second-order valence-corrected chi connectivity index (χ2v) is 4.81. The zero-order valence-corrected chi connectivity index (χ0v) is 10.6. The molecule has 3 heteroatoms. The number of unbranched alkanes of at least 4 members (excludes halogenated alkanes) is 2. The molecule has 0 aromatic heterocycles. The number of benzene rings is 1. The monoisotopic (exact) mass is 237 g/mol. The van der Waals surface area contributed by atoms with Crippen molar-refractivity contribution in [2.75, 3.05) is 12.8 Å². The van der Waals surface area contributed by atoms with E-state index < -0.39 is 0 Å². The smallest absolute Gasteiger partial charge is 0.219 e. The van der Waals surface area contributed by atoms with Crippen LogP contribution in [0.25, 0.3) is 0 Å². The average Bonchev–Trinajstić information content (AvgIpc) is 2.34. The average molecular weight is 237 g/mol. The molecule has 0 fully saturated rings. The number of nitrogens with one attached hydrogen (secondary N) is 1. The molecule has 88 valence electrons. The fraction of sp³-hybridized carbons (Fsp3) is 0.462. The normalized spacial score (nSPS) is 10.1. The molecule has 0 aliphatic heterocycles. The Morgan fingerprint density at radius 1 is 1.19 bits per heavy atom. The summed E-state index contributed by atoms with van der Waals surface area (Å²) in [5.74, 6) is 1.29. The number of amides is 1. The van der Waals surface area contributed by atoms with Crippen molar-refractivity contribution in [3.8, 4) is 0 Å². The van der Waals surface area contributed by atoms with Gasteiger partial charge >= 0.3 is 0 Å². The van der Waals surface area contributed by atoms with Gasteiger partial charge in [-0.05, 0) is 30.7 Å². The minimum atomic E-state index is 0.149. The number of carbonyl (C=O) groups excluding carboxylic acids is 1. The van der Waals surface area contributed by atoms with Crippen LogP contribution in [-0.4, -0.2) is 18.7 Å². The second kappa shape index (κ2) is 8.22. The van der Waals surface area contributed by atoms with Crippen LogP contribution in [0.2, 0.25) is 0 Å². The molecule has 0 saturated carbocycles. The summed E-state index contributed by atoms with van der Waals surface area (Å²) in [5.41, 5.74) is 0. The van der Waals surface area contributed by atoms with Crippen molar-refractivity contribution in [3.63, 3.8) is 0 Å². The molecule has 0 atom stereocenters. The van der Waals surface area contributed by atoms with E-state index in [2.05, 4.69) is 29.6 Å². The Hall–Kier alpha value is -0.960. The summed E-state index contributed by atoms with van der Waals surface area (Å²) >= 11 is 1.88. The van der Waals surface area contributed by atoms with Gasteiger partial charge in [0.2, 0.25) is 5.91 Å². The van der Waals surface area contributed by atoms with E-state index in [4.69, 9.17) is 0 Å². The molecule has 2 nitrogen and oxygen atoms in total. The highest BCUT2D eigenvalue weighted by molar-refractivity contribution is 7.99. The minimum absolute atomic E-state index is 0.149. The van der Waals surface area contributed by atoms with E-state index in [9.17, 15) is 4.79 Å². The van der Waals surface area contributed by atoms with Crippen LogP contribution < -0.4 is 5.32 Å². The van der Waals surface area contributed by atoms with E-state index >= 15 is 0 Å². The topological polar surface area (TPSA) is 29.1 Å². The van der Waals surface area contributed by atoms with E-state index in [0.29, 0.717) is 6.42 Å². The Morgan fingerprint density at radius 3 is 2.62 bits per heavy atom. The van der Waals surface area contributed by atoms with Crippen LogP contribution in [0.1, 0.15) is 25.7 Å². The minimum Gasteiger partial charge on any atom is -0.359 e. The lowest BCUT2D eigenvalue weighted by Crippen LogP contribution is -2.16. The van der Waals surface area contributed by atoms with E-state index in [1.807, 2.05) is 17.8 Å². The van der Waals surface area contributed by atoms with Gasteiger partial charge < -0.3 is 5.32 Å². The third-order valence-corrected chi connectivity index (χ3v) is 3.44. The van der Waals surface area contributed by atoms with Gasteiger partial charge in [0.25, 0.3) is 0 Å². The fourth-order valence-corrected chi connectivity index (χ4v) is 2.33. The summed E-state index contributed by atoms with van der Waals surface area (Å²) in [6.07, 6.45) is 3.96. The van der Waals surface area contributed by atoms with Gasteiger partial charge in [0, 0.05) is 18.4 Å². The van der Waals surface area contributed by atoms with Gasteiger partial charge in [-0.1, -0.05) is 24.6 Å². The van der Waals surface area contributed by atoms with Gasteiger partial charge in [0.05, 0.1) is 0 Å². The van der Waals surface area contributed by atoms with Crippen LogP contribution in [0.4, 0.5) is 0 Å². The molecule has 0 aliphatic carbocycles. The van der Waals surface area contributed by atoms with Crippen LogP contribution in [0.5, 0.6) is 0 Å². The number of hydrogen-bond acceptors (Lipinski definition) is 2. The van der Waals surface area contributed by atoms with Crippen molar-refractivity contribution in [1.82, 2.24) is 5.32 Å². The lowest BCUT2D eigenvalue weighted by atomic mass is 10.2. The summed E-state index contributed by atoms with van der Waals surface area (Å²) in [6, 6.07) is 10.4. The zero-order chi connectivity index (χ0) is 11.6. The molecule has 1 aromatic carbocycles. The van der Waals surface area contributed by atoms with Gasteiger partial charge in [0.15, 0.2) is 0 Å². The molecular formula is C13H19NOS. The lowest BCUT2D eigenvalue weighted by molar-refractivity contribution is -0.120. The molecule has 0 saturated heterocycles. The third kappa shape index (κ3) is 5.81. The van der Waals surface area contributed by atoms with E-state index in [1.54, 1.807) is 7.05 Å². The van der Waals surface area contributed by atoms with Crippen LogP contribution in [-0.2, 0) is 4.79 Å². The van der Waals surface area contributed by atoms with Gasteiger partial charge in [-0.2, -0.15) is 0 Å². The van der Waals surface area contributed by atoms with Crippen LogP contribution in [0.3, 0.4) is 0 Å². The first-order valence-electron chi connectivity index (χ1n) is 5.71. The molecule has 1 N–H and O–H groups in total. The van der Waals surface area contributed by atoms with Crippen molar-refractivity contribution in [3.05, 3.63) is 30.3 Å². The zero-order valence-electron chi connectivity index (χ0n) is 9.74. The molecule has 16 heavy (non-hydrogen) atoms. The Bertz CT molecular complexity index is 300. The van der Waals surface area contributed by atoms with Crippen LogP contribution in [0, 0.1) is 0 Å². The fourth-order valence-electron chi connectivity index (χ4n) is 1.40. The maximum absolute atomic E-state index is 10.9. The van der Waals surface area contributed by atoms with Gasteiger partial charge in [0.1, 0.15) is 0 Å². The van der Waals surface area contributed by atoms with Crippen molar-refractivity contribution in [2.24, 2.45) is 0 Å². The number of rotatable bonds is 7. The molecule has 0 unspecified atom stereocenters. The van der Waals surface area contributed by atoms with Crippen LogP contribution >= 0.6 is 11.8 Å². The van der Waals surface area contributed by atoms with Crippen molar-refractivity contribution < 1.29 is 4.79 Å². The summed E-state index contributed by atoms with van der Waals surface area (Å²) in [7, 11) is 1.69. The summed E-state index contributed by atoms with van der Waals surface area (Å²) < 4.78 is 0. The number of hydrogen-bond donors (Lipinski definition) is 1. The van der Waals surface area contributed by atoms with Crippen molar-refractivity contribution >= 4 is 17.7 Å². The highest BCUT2D eigenvalue weighted by Gasteiger charge is 1.97. The highest BCUT2D eigenvalue weighted by atomic mass is 32.2. The van der Waals surface area contributed by atoms with E-state index in [0.717, 1.165) is 18.6 Å². The molecule has 1 amide bonds. The quantitative estimate of drug-likeness (QED) is 0.583. The molecule has 1 aromatic rings. The second-order valence-electron chi connectivity index (χ2n) is 3.65. The largest absolute Gasteiger partial charge is 0.359 e. The Kier molecular flexibility index (Phi) is 6.74. The van der Waals surface area contributed by atoms with Gasteiger partial charge in [-0.15, -0.1) is 11.8 Å². The molecule has 0 heterocycles. The summed E-state index contributed by atoms with van der Waals surface area (Å²) in [6.45, 7) is 0. The Morgan fingerprint density at radius 2 is 1.94 bits per heavy atom. The number of carbonyl (C=O) groups is 1. The molecule has 1 rings (SSSR count). The molecular weight excluding hydrogens is 218 g/mol. The van der Waals surface area contributed by atoms with E-state index in [1.165, 1.54) is 11.3 Å². The highest BCUT2D eigenvalue weighted by Crippen LogP contribution is 2.18. The molecule has 0 spiro atoms. The first-order chi connectivity index (χ1) is 7.83. The van der Waals surface area contributed by atoms with Gasteiger partial charge in [-0.3, -0.25) is 4.79 Å². The van der Waals surface area contributed by atoms with Crippen molar-refractivity contribution in [1.29, 1.82) is 0 Å². The standard InChI is InChI=1S/C13H19NOS/c1-14-13(15)10-6-3-7-11-16-12-8-4-2-5-9-12/h2,4-5,8-9H,3,6-7,10-11H2,1H3,(H,14,15). The SMILES string of the molecule is CNC(=O)CCCCCSc1ccccc1. The Balaban J connectivity index is 1.98. The molecule has 0 aliphatic rings. The Labute approximate surface area is 102 Å². The molecule has 0 bridgehead atoms. The maximum atomic E-state index is 10.9. The predicted octanol–water partition coefficient (Wildman–Crippen LogP) is 3.09. The lowest BCUT2D eigenvalue weighted by Gasteiger charge is -2.01. The first-order valence-corrected chi connectivity index (χ1v) is 6.70. The van der Waals surface area contributed by atoms with Crippen LogP contribution in [0.15, 0.2) is 35.2 Å². The van der Waals surface area contributed by atoms with Gasteiger partial charge in [-0.25, -0.2) is 0 Å². The molecule has 0 radical (unpaired) electrons. The third-order valence-electron chi connectivity index (χ3n) is 2.34. The van der Waals surface area contributed by atoms with Crippen molar-refractivity contribution in [2.45, 2.75) is 30.6 Å². The van der Waals surface area contributed by atoms with E-state index in [-0.39, 0.29) is 5.91 Å². The number of thioether (sulfide) groups is 1. The first kappa shape index (κ1) is 13.1.